The van der Waals surface area contributed by atoms with Gasteiger partial charge in [-0.25, -0.2) is 0 Å². The molecule has 2 heterocycles. The molecule has 1 N–H and O–H groups in total. The fourth-order valence-electron chi connectivity index (χ4n) is 3.55. The molecule has 2 aliphatic rings. The minimum Gasteiger partial charge on any atom is -0.464 e. The molecule has 0 spiro atoms. The maximum atomic E-state index is 12.1. The van der Waals surface area contributed by atoms with Gasteiger partial charge in [0.1, 0.15) is 5.58 Å². The van der Waals surface area contributed by atoms with Gasteiger partial charge in [0, 0.05) is 24.1 Å². The molecule has 116 valence electrons. The van der Waals surface area contributed by atoms with Gasteiger partial charge in [0.2, 0.25) is 5.91 Å². The summed E-state index contributed by atoms with van der Waals surface area (Å²) in [6.45, 7) is 1.43. The van der Waals surface area contributed by atoms with Crippen LogP contribution < -0.4 is 5.32 Å². The van der Waals surface area contributed by atoms with E-state index in [1.54, 1.807) is 6.26 Å². The van der Waals surface area contributed by atoms with E-state index in [-0.39, 0.29) is 12.0 Å². The number of nitrogens with one attached hydrogen (secondary N) is 1. The maximum Gasteiger partial charge on any atom is 0.224 e. The molecule has 2 aromatic rings. The Morgan fingerprint density at radius 2 is 2.09 bits per heavy atom. The van der Waals surface area contributed by atoms with E-state index in [0.717, 1.165) is 48.8 Å². The number of aryl methyl sites for hydroxylation is 2. The number of carbonyl (C=O) groups is 1. The molecule has 4 heteroatoms. The summed E-state index contributed by atoms with van der Waals surface area (Å²) in [5.74, 6) is 0.0405. The Hall–Kier alpha value is -1.81. The van der Waals surface area contributed by atoms with Gasteiger partial charge in [-0.1, -0.05) is 0 Å². The van der Waals surface area contributed by atoms with Crippen molar-refractivity contribution >= 4 is 16.9 Å². The second kappa shape index (κ2) is 5.76. The Kier molecular flexibility index (Phi) is 3.62. The van der Waals surface area contributed by atoms with Gasteiger partial charge >= 0.3 is 0 Å². The lowest BCUT2D eigenvalue weighted by Gasteiger charge is -2.10. The van der Waals surface area contributed by atoms with Crippen LogP contribution in [-0.2, 0) is 28.8 Å². The summed E-state index contributed by atoms with van der Waals surface area (Å²) in [5, 5.41) is 4.06. The molecule has 1 saturated heterocycles. The molecule has 1 amide bonds. The zero-order chi connectivity index (χ0) is 14.9. The number of fused-ring (bicyclic) bond motifs is 2. The van der Waals surface area contributed by atoms with Crippen LogP contribution in [0.1, 0.15) is 36.0 Å². The van der Waals surface area contributed by atoms with Gasteiger partial charge in [-0.15, -0.1) is 0 Å². The Morgan fingerprint density at radius 3 is 2.91 bits per heavy atom. The van der Waals surface area contributed by atoms with E-state index in [9.17, 15) is 4.79 Å². The van der Waals surface area contributed by atoms with Gasteiger partial charge in [-0.05, 0) is 55.4 Å². The van der Waals surface area contributed by atoms with Gasteiger partial charge in [-0.2, -0.15) is 0 Å². The third kappa shape index (κ3) is 2.63. The molecule has 0 radical (unpaired) electrons. The van der Waals surface area contributed by atoms with Crippen LogP contribution in [0.2, 0.25) is 0 Å². The molecular weight excluding hydrogens is 278 g/mol. The van der Waals surface area contributed by atoms with Crippen molar-refractivity contribution in [1.29, 1.82) is 0 Å². The minimum absolute atomic E-state index is 0.0405. The third-order valence-electron chi connectivity index (χ3n) is 4.77. The molecule has 1 aromatic heterocycles. The van der Waals surface area contributed by atoms with Crippen LogP contribution in [0.4, 0.5) is 0 Å². The van der Waals surface area contributed by atoms with Crippen molar-refractivity contribution in [2.75, 3.05) is 13.2 Å². The maximum absolute atomic E-state index is 12.1. The molecule has 1 fully saturated rings. The van der Waals surface area contributed by atoms with Crippen LogP contribution in [-0.4, -0.2) is 25.2 Å². The SMILES string of the molecule is O=C(Cc1coc2cc3c(cc12)CCC3)NC[C@H]1CCCO1. The van der Waals surface area contributed by atoms with E-state index < -0.39 is 0 Å². The summed E-state index contributed by atoms with van der Waals surface area (Å²) in [6.07, 6.45) is 7.93. The summed E-state index contributed by atoms with van der Waals surface area (Å²) in [6, 6.07) is 4.36. The lowest BCUT2D eigenvalue weighted by Crippen LogP contribution is -2.32. The topological polar surface area (TPSA) is 51.5 Å². The fourth-order valence-corrected chi connectivity index (χ4v) is 3.55. The molecule has 22 heavy (non-hydrogen) atoms. The van der Waals surface area contributed by atoms with Crippen molar-refractivity contribution in [3.05, 3.63) is 35.1 Å². The van der Waals surface area contributed by atoms with Crippen molar-refractivity contribution < 1.29 is 13.9 Å². The number of hydrogen-bond donors (Lipinski definition) is 1. The van der Waals surface area contributed by atoms with Crippen molar-refractivity contribution in [3.63, 3.8) is 0 Å². The predicted molar refractivity (Wildman–Crippen MR) is 83.9 cm³/mol. The number of amides is 1. The molecule has 4 nitrogen and oxygen atoms in total. The normalized spacial score (nSPS) is 20.5. The highest BCUT2D eigenvalue weighted by atomic mass is 16.5. The van der Waals surface area contributed by atoms with Crippen LogP contribution in [0, 0.1) is 0 Å². The molecule has 1 aliphatic carbocycles. The molecular formula is C18H21NO3. The highest BCUT2D eigenvalue weighted by molar-refractivity contribution is 5.88. The van der Waals surface area contributed by atoms with Crippen molar-refractivity contribution in [2.45, 2.75) is 44.6 Å². The molecule has 1 atom stereocenters. The smallest absolute Gasteiger partial charge is 0.224 e. The second-order valence-corrected chi connectivity index (χ2v) is 6.35. The summed E-state index contributed by atoms with van der Waals surface area (Å²) in [5.41, 5.74) is 4.70. The lowest BCUT2D eigenvalue weighted by molar-refractivity contribution is -0.120. The van der Waals surface area contributed by atoms with E-state index in [2.05, 4.69) is 17.4 Å². The van der Waals surface area contributed by atoms with Crippen LogP contribution >= 0.6 is 0 Å². The zero-order valence-electron chi connectivity index (χ0n) is 12.7. The Morgan fingerprint density at radius 1 is 1.23 bits per heavy atom. The van der Waals surface area contributed by atoms with Crippen molar-refractivity contribution in [2.24, 2.45) is 0 Å². The zero-order valence-corrected chi connectivity index (χ0v) is 12.7. The average molecular weight is 299 g/mol. The first-order valence-electron chi connectivity index (χ1n) is 8.20. The van der Waals surface area contributed by atoms with Gasteiger partial charge in [0.15, 0.2) is 0 Å². The van der Waals surface area contributed by atoms with Crippen molar-refractivity contribution in [3.8, 4) is 0 Å². The summed E-state index contributed by atoms with van der Waals surface area (Å²) < 4.78 is 11.2. The van der Waals surface area contributed by atoms with Crippen molar-refractivity contribution in [1.82, 2.24) is 5.32 Å². The number of ether oxygens (including phenoxy) is 1. The molecule has 1 aromatic carbocycles. The lowest BCUT2D eigenvalue weighted by atomic mass is 10.0. The Balaban J connectivity index is 1.45. The molecule has 1 aliphatic heterocycles. The predicted octanol–water partition coefficient (Wildman–Crippen LogP) is 2.76. The quantitative estimate of drug-likeness (QED) is 0.944. The van der Waals surface area contributed by atoms with E-state index in [1.165, 1.54) is 17.5 Å². The summed E-state index contributed by atoms with van der Waals surface area (Å²) >= 11 is 0. The molecule has 4 rings (SSSR count). The van der Waals surface area contributed by atoms with Crippen LogP contribution in [0.3, 0.4) is 0 Å². The standard InChI is InChI=1S/C18H21NO3/c20-18(19-10-15-5-2-6-21-15)9-14-11-22-17-8-13-4-1-3-12(13)7-16(14)17/h7-8,11,15H,1-6,9-10H2,(H,19,20)/t15-/m1/s1. The highest BCUT2D eigenvalue weighted by Crippen LogP contribution is 2.30. The van der Waals surface area contributed by atoms with Crippen LogP contribution in [0.15, 0.2) is 22.8 Å². The highest BCUT2D eigenvalue weighted by Gasteiger charge is 2.18. The van der Waals surface area contributed by atoms with Gasteiger partial charge in [0.25, 0.3) is 0 Å². The Labute approximate surface area is 129 Å². The van der Waals surface area contributed by atoms with E-state index in [1.807, 2.05) is 0 Å². The van der Waals surface area contributed by atoms with E-state index in [0.29, 0.717) is 13.0 Å². The van der Waals surface area contributed by atoms with Gasteiger partial charge in [0.05, 0.1) is 18.8 Å². The van der Waals surface area contributed by atoms with E-state index in [4.69, 9.17) is 9.15 Å². The number of furan rings is 1. The summed E-state index contributed by atoms with van der Waals surface area (Å²) in [7, 11) is 0. The molecule has 0 bridgehead atoms. The monoisotopic (exact) mass is 299 g/mol. The largest absolute Gasteiger partial charge is 0.464 e. The molecule has 0 unspecified atom stereocenters. The minimum atomic E-state index is 0.0405. The average Bonchev–Trinajstić information content (AvgIpc) is 3.24. The van der Waals surface area contributed by atoms with E-state index >= 15 is 0 Å². The van der Waals surface area contributed by atoms with Crippen LogP contribution in [0.25, 0.3) is 11.0 Å². The third-order valence-corrected chi connectivity index (χ3v) is 4.77. The molecule has 0 saturated carbocycles. The summed E-state index contributed by atoms with van der Waals surface area (Å²) in [4.78, 5) is 12.1. The Bertz CT molecular complexity index is 698. The number of carbonyl (C=O) groups excluding carboxylic acids is 1. The second-order valence-electron chi connectivity index (χ2n) is 6.35. The fraction of sp³-hybridized carbons (Fsp3) is 0.500. The number of benzene rings is 1. The van der Waals surface area contributed by atoms with Crippen LogP contribution in [0.5, 0.6) is 0 Å². The first-order valence-corrected chi connectivity index (χ1v) is 8.20. The number of hydrogen-bond acceptors (Lipinski definition) is 3. The number of rotatable bonds is 4. The first kappa shape index (κ1) is 13.8. The van der Waals surface area contributed by atoms with Gasteiger partial charge in [-0.3, -0.25) is 4.79 Å². The first-order chi connectivity index (χ1) is 10.8. The van der Waals surface area contributed by atoms with Gasteiger partial charge < -0.3 is 14.5 Å².